The molecule has 120 valence electrons. The van der Waals surface area contributed by atoms with E-state index < -0.39 is 6.16 Å². The first kappa shape index (κ1) is 17.6. The Morgan fingerprint density at radius 1 is 1.13 bits per heavy atom. The Bertz CT molecular complexity index is 653. The normalized spacial score (nSPS) is 10.7. The predicted octanol–water partition coefficient (Wildman–Crippen LogP) is 3.98. The van der Waals surface area contributed by atoms with Gasteiger partial charge in [0.1, 0.15) is 0 Å². The maximum absolute atomic E-state index is 10.3. The first-order valence-electron chi connectivity index (χ1n) is 6.78. The van der Waals surface area contributed by atoms with Crippen LogP contribution in [-0.4, -0.2) is 26.2 Å². The van der Waals surface area contributed by atoms with Gasteiger partial charge in [-0.25, -0.2) is 0 Å². The standard InChI is InChI=1S/C17H15BrO4Se/c18-14-4-8-16(9-5-14)23-11-1-10-21-15-6-2-13(3-7-15)12-22-17(19)20/h1-10H,11-12H2,(H,19,20). The molecule has 4 nitrogen and oxygen atoms in total. The molecule has 0 saturated carbocycles. The van der Waals surface area contributed by atoms with Gasteiger partial charge in [0.15, 0.2) is 0 Å². The van der Waals surface area contributed by atoms with Crippen LogP contribution in [-0.2, 0) is 11.3 Å². The summed E-state index contributed by atoms with van der Waals surface area (Å²) >= 11 is 3.81. The third-order valence-corrected chi connectivity index (χ3v) is 5.30. The molecule has 0 heterocycles. The van der Waals surface area contributed by atoms with Gasteiger partial charge in [0.2, 0.25) is 0 Å². The van der Waals surface area contributed by atoms with Crippen LogP contribution < -0.4 is 9.20 Å². The summed E-state index contributed by atoms with van der Waals surface area (Å²) in [5.41, 5.74) is 0.780. The van der Waals surface area contributed by atoms with Gasteiger partial charge in [-0.3, -0.25) is 0 Å². The van der Waals surface area contributed by atoms with E-state index in [0.29, 0.717) is 20.7 Å². The third-order valence-electron chi connectivity index (χ3n) is 2.75. The minimum atomic E-state index is -1.28. The summed E-state index contributed by atoms with van der Waals surface area (Å²) in [5, 5.41) is 9.39. The number of halogens is 1. The molecule has 0 bridgehead atoms. The molecule has 0 amide bonds. The Kier molecular flexibility index (Phi) is 7.20. The third kappa shape index (κ3) is 6.91. The van der Waals surface area contributed by atoms with E-state index >= 15 is 0 Å². The first-order chi connectivity index (χ1) is 11.1. The molecule has 0 spiro atoms. The molecular weight excluding hydrogens is 427 g/mol. The van der Waals surface area contributed by atoms with Gasteiger partial charge in [0.05, 0.1) is 0 Å². The van der Waals surface area contributed by atoms with Gasteiger partial charge < -0.3 is 0 Å². The first-order valence-corrected chi connectivity index (χ1v) is 9.64. The molecule has 0 unspecified atom stereocenters. The number of allylic oxidation sites excluding steroid dienone is 1. The zero-order chi connectivity index (χ0) is 16.5. The molecule has 23 heavy (non-hydrogen) atoms. The zero-order valence-corrected chi connectivity index (χ0v) is 15.4. The molecule has 0 aliphatic rings. The second-order valence-electron chi connectivity index (χ2n) is 4.45. The van der Waals surface area contributed by atoms with Crippen molar-refractivity contribution < 1.29 is 19.4 Å². The van der Waals surface area contributed by atoms with Crippen molar-refractivity contribution in [2.24, 2.45) is 0 Å². The number of hydrogen-bond donors (Lipinski definition) is 1. The molecule has 6 heteroatoms. The van der Waals surface area contributed by atoms with Gasteiger partial charge in [-0.05, 0) is 0 Å². The Morgan fingerprint density at radius 2 is 1.83 bits per heavy atom. The average Bonchev–Trinajstić information content (AvgIpc) is 2.55. The van der Waals surface area contributed by atoms with Gasteiger partial charge in [-0.1, -0.05) is 0 Å². The molecular formula is C17H15BrO4Se. The Morgan fingerprint density at radius 3 is 2.48 bits per heavy atom. The van der Waals surface area contributed by atoms with E-state index in [2.05, 4.69) is 32.8 Å². The van der Waals surface area contributed by atoms with Gasteiger partial charge >= 0.3 is 149 Å². The van der Waals surface area contributed by atoms with Crippen molar-refractivity contribution >= 4 is 41.5 Å². The predicted molar refractivity (Wildman–Crippen MR) is 93.4 cm³/mol. The van der Waals surface area contributed by atoms with Gasteiger partial charge in [-0.2, -0.15) is 0 Å². The van der Waals surface area contributed by atoms with Crippen LogP contribution >= 0.6 is 15.9 Å². The van der Waals surface area contributed by atoms with Crippen LogP contribution in [0.3, 0.4) is 0 Å². The monoisotopic (exact) mass is 442 g/mol. The van der Waals surface area contributed by atoms with Crippen molar-refractivity contribution in [3.8, 4) is 5.75 Å². The minimum absolute atomic E-state index is 0.0428. The number of benzene rings is 2. The summed E-state index contributed by atoms with van der Waals surface area (Å²) in [7, 11) is 0. The Balaban J connectivity index is 1.72. The summed E-state index contributed by atoms with van der Waals surface area (Å²) in [4.78, 5) is 10.3. The molecule has 0 radical (unpaired) electrons. The second-order valence-corrected chi connectivity index (χ2v) is 7.66. The van der Waals surface area contributed by atoms with Crippen molar-refractivity contribution in [3.63, 3.8) is 0 Å². The number of ether oxygens (including phenoxy) is 2. The fourth-order valence-corrected chi connectivity index (χ4v) is 3.37. The quantitative estimate of drug-likeness (QED) is 0.401. The number of carboxylic acid groups (broad SMARTS) is 1. The van der Waals surface area contributed by atoms with Crippen LogP contribution in [0.2, 0.25) is 5.32 Å². The Labute approximate surface area is 149 Å². The van der Waals surface area contributed by atoms with Crippen molar-refractivity contribution in [2.75, 3.05) is 0 Å². The van der Waals surface area contributed by atoms with E-state index in [1.807, 2.05) is 18.2 Å². The molecule has 2 aromatic carbocycles. The van der Waals surface area contributed by atoms with Crippen molar-refractivity contribution in [2.45, 2.75) is 11.9 Å². The van der Waals surface area contributed by atoms with Gasteiger partial charge in [-0.15, -0.1) is 0 Å². The summed E-state index contributed by atoms with van der Waals surface area (Å²) in [6.07, 6.45) is 2.41. The fraction of sp³-hybridized carbons (Fsp3) is 0.118. The molecule has 0 fully saturated rings. The van der Waals surface area contributed by atoms with Gasteiger partial charge in [0, 0.05) is 0 Å². The number of rotatable bonds is 7. The average molecular weight is 442 g/mol. The SMILES string of the molecule is O=C(O)OCc1ccc(OC=CC[Se]c2ccc(Br)cc2)cc1. The van der Waals surface area contributed by atoms with Crippen molar-refractivity contribution in [3.05, 3.63) is 70.9 Å². The fourth-order valence-electron chi connectivity index (χ4n) is 1.65. The molecule has 0 aromatic heterocycles. The molecule has 1 N–H and O–H groups in total. The summed E-state index contributed by atoms with van der Waals surface area (Å²) in [6.45, 7) is 0.0428. The van der Waals surface area contributed by atoms with E-state index in [1.54, 1.807) is 30.5 Å². The molecule has 0 aliphatic carbocycles. The zero-order valence-electron chi connectivity index (χ0n) is 12.1. The molecule has 0 saturated heterocycles. The number of hydrogen-bond acceptors (Lipinski definition) is 3. The van der Waals surface area contributed by atoms with E-state index in [-0.39, 0.29) is 6.61 Å². The van der Waals surface area contributed by atoms with Crippen LogP contribution in [0, 0.1) is 0 Å². The van der Waals surface area contributed by atoms with Crippen LogP contribution in [0.1, 0.15) is 5.56 Å². The van der Waals surface area contributed by atoms with Crippen molar-refractivity contribution in [1.29, 1.82) is 0 Å². The van der Waals surface area contributed by atoms with Crippen LogP contribution in [0.5, 0.6) is 5.75 Å². The van der Waals surface area contributed by atoms with E-state index in [0.717, 1.165) is 15.4 Å². The number of carbonyl (C=O) groups is 1. The summed E-state index contributed by atoms with van der Waals surface area (Å²) in [6, 6.07) is 15.5. The van der Waals surface area contributed by atoms with Gasteiger partial charge in [0.25, 0.3) is 0 Å². The van der Waals surface area contributed by atoms with E-state index in [4.69, 9.17) is 9.84 Å². The topological polar surface area (TPSA) is 55.8 Å². The van der Waals surface area contributed by atoms with Crippen LogP contribution in [0.25, 0.3) is 0 Å². The molecule has 2 aromatic rings. The Hall–Kier alpha value is -1.75. The summed E-state index contributed by atoms with van der Waals surface area (Å²) < 4.78 is 12.4. The second kappa shape index (κ2) is 9.40. The van der Waals surface area contributed by atoms with E-state index in [9.17, 15) is 4.79 Å². The molecule has 0 aliphatic heterocycles. The maximum atomic E-state index is 10.3. The van der Waals surface area contributed by atoms with Crippen molar-refractivity contribution in [1.82, 2.24) is 0 Å². The van der Waals surface area contributed by atoms with E-state index in [1.165, 1.54) is 4.46 Å². The summed E-state index contributed by atoms with van der Waals surface area (Å²) in [5.74, 6) is 0.705. The van der Waals surface area contributed by atoms with Crippen LogP contribution in [0.15, 0.2) is 65.3 Å². The molecule has 0 atom stereocenters. The molecule has 2 rings (SSSR count). The van der Waals surface area contributed by atoms with Crippen LogP contribution in [0.4, 0.5) is 4.79 Å².